The average Bonchev–Trinajstić information content (AvgIpc) is 2.40. The third kappa shape index (κ3) is 1.57. The monoisotopic (exact) mass is 192 g/mol. The molecule has 1 aliphatic heterocycles. The molecule has 0 aromatic heterocycles. The predicted molar refractivity (Wildman–Crippen MR) is 36.3 cm³/mol. The van der Waals surface area contributed by atoms with Gasteiger partial charge in [-0.05, 0) is 0 Å². The maximum atomic E-state index is 10.7. The van der Waals surface area contributed by atoms with E-state index in [1.807, 2.05) is 0 Å². The number of hydrogen-bond donors (Lipinski definition) is 4. The van der Waals surface area contributed by atoms with Crippen molar-refractivity contribution in [3.8, 4) is 0 Å². The molecule has 0 amide bonds. The van der Waals surface area contributed by atoms with Gasteiger partial charge in [-0.25, -0.2) is 10.1 Å². The molecule has 1 aliphatic rings. The SMILES string of the molecule is O=C1O[C@H]([C@@H](O)CO)C(O)=C1OO. The normalized spacial score (nSPS) is 24.5. The van der Waals surface area contributed by atoms with E-state index in [1.165, 1.54) is 0 Å². The van der Waals surface area contributed by atoms with E-state index in [0.29, 0.717) is 0 Å². The second kappa shape index (κ2) is 3.60. The highest BCUT2D eigenvalue weighted by Crippen LogP contribution is 2.23. The molecule has 1 rings (SSSR count). The van der Waals surface area contributed by atoms with Crippen molar-refractivity contribution in [1.29, 1.82) is 0 Å². The fourth-order valence-corrected chi connectivity index (χ4v) is 0.899. The minimum atomic E-state index is -1.45. The van der Waals surface area contributed by atoms with E-state index >= 15 is 0 Å². The van der Waals surface area contributed by atoms with Gasteiger partial charge in [0.25, 0.3) is 5.76 Å². The molecule has 7 heteroatoms. The summed E-state index contributed by atoms with van der Waals surface area (Å²) in [6, 6.07) is 0. The number of aliphatic hydroxyl groups excluding tert-OH is 3. The van der Waals surface area contributed by atoms with Crippen LogP contribution in [0.15, 0.2) is 11.5 Å². The first-order valence-corrected chi connectivity index (χ1v) is 3.36. The van der Waals surface area contributed by atoms with E-state index in [-0.39, 0.29) is 0 Å². The number of cyclic esters (lactones) is 1. The van der Waals surface area contributed by atoms with Gasteiger partial charge < -0.3 is 24.9 Å². The number of hydrogen-bond acceptors (Lipinski definition) is 7. The predicted octanol–water partition coefficient (Wildman–Crippen LogP) is -1.48. The lowest BCUT2D eigenvalue weighted by Crippen LogP contribution is -2.31. The Morgan fingerprint density at radius 3 is 2.62 bits per heavy atom. The summed E-state index contributed by atoms with van der Waals surface area (Å²) >= 11 is 0. The Balaban J connectivity index is 2.84. The summed E-state index contributed by atoms with van der Waals surface area (Å²) in [4.78, 5) is 14.3. The second-order valence-corrected chi connectivity index (χ2v) is 2.38. The minimum Gasteiger partial charge on any atom is -0.505 e. The lowest BCUT2D eigenvalue weighted by atomic mass is 10.2. The Labute approximate surface area is 72.4 Å². The Hall–Kier alpha value is -1.31. The van der Waals surface area contributed by atoms with Crippen molar-refractivity contribution in [2.75, 3.05) is 6.61 Å². The van der Waals surface area contributed by atoms with Gasteiger partial charge in [0.1, 0.15) is 6.10 Å². The third-order valence-electron chi connectivity index (χ3n) is 1.55. The molecule has 7 nitrogen and oxygen atoms in total. The van der Waals surface area contributed by atoms with Crippen molar-refractivity contribution in [3.05, 3.63) is 11.5 Å². The Bertz CT molecular complexity index is 245. The first-order chi connectivity index (χ1) is 6.11. The summed E-state index contributed by atoms with van der Waals surface area (Å²) < 4.78 is 4.37. The summed E-state index contributed by atoms with van der Waals surface area (Å²) in [5.41, 5.74) is 0. The Kier molecular flexibility index (Phi) is 2.71. The molecular weight excluding hydrogens is 184 g/mol. The molecule has 13 heavy (non-hydrogen) atoms. The van der Waals surface area contributed by atoms with E-state index in [9.17, 15) is 4.79 Å². The van der Waals surface area contributed by atoms with Gasteiger partial charge in [-0.2, -0.15) is 0 Å². The van der Waals surface area contributed by atoms with Gasteiger partial charge in [-0.15, -0.1) is 0 Å². The lowest BCUT2D eigenvalue weighted by Gasteiger charge is -2.13. The van der Waals surface area contributed by atoms with Gasteiger partial charge in [-0.1, -0.05) is 0 Å². The van der Waals surface area contributed by atoms with Crippen LogP contribution in [0.5, 0.6) is 0 Å². The molecule has 2 atom stereocenters. The summed E-state index contributed by atoms with van der Waals surface area (Å²) in [6.07, 6.45) is -2.84. The van der Waals surface area contributed by atoms with E-state index < -0.39 is 36.3 Å². The molecule has 0 aliphatic carbocycles. The maximum Gasteiger partial charge on any atom is 0.382 e. The summed E-state index contributed by atoms with van der Waals surface area (Å²) in [6.45, 7) is -0.694. The van der Waals surface area contributed by atoms with Crippen LogP contribution in [0.1, 0.15) is 0 Å². The summed E-state index contributed by atoms with van der Waals surface area (Å²) in [5, 5.41) is 34.7. The van der Waals surface area contributed by atoms with Gasteiger partial charge in [-0.3, -0.25) is 0 Å². The van der Waals surface area contributed by atoms with Crippen LogP contribution in [0.2, 0.25) is 0 Å². The topological polar surface area (TPSA) is 116 Å². The van der Waals surface area contributed by atoms with E-state index in [4.69, 9.17) is 20.6 Å². The molecular formula is C6H8O7. The number of aliphatic hydroxyl groups is 3. The Morgan fingerprint density at radius 1 is 1.62 bits per heavy atom. The molecule has 0 aromatic carbocycles. The van der Waals surface area contributed by atoms with Gasteiger partial charge >= 0.3 is 5.97 Å². The molecule has 0 unspecified atom stereocenters. The molecule has 0 saturated heterocycles. The molecule has 0 saturated carbocycles. The van der Waals surface area contributed by atoms with Crippen LogP contribution < -0.4 is 0 Å². The molecule has 4 N–H and O–H groups in total. The van der Waals surface area contributed by atoms with Crippen molar-refractivity contribution < 1.29 is 35.0 Å². The van der Waals surface area contributed by atoms with Crippen molar-refractivity contribution in [2.24, 2.45) is 0 Å². The van der Waals surface area contributed by atoms with E-state index in [2.05, 4.69) is 9.62 Å². The largest absolute Gasteiger partial charge is 0.505 e. The van der Waals surface area contributed by atoms with Crippen molar-refractivity contribution in [2.45, 2.75) is 12.2 Å². The Morgan fingerprint density at radius 2 is 2.23 bits per heavy atom. The average molecular weight is 192 g/mol. The van der Waals surface area contributed by atoms with E-state index in [1.54, 1.807) is 0 Å². The van der Waals surface area contributed by atoms with Crippen LogP contribution in [0.3, 0.4) is 0 Å². The van der Waals surface area contributed by atoms with Crippen LogP contribution in [-0.2, 0) is 14.4 Å². The highest BCUT2D eigenvalue weighted by atomic mass is 17.1. The number of esters is 1. The number of carbonyl (C=O) groups excluding carboxylic acids is 1. The fraction of sp³-hybridized carbons (Fsp3) is 0.500. The van der Waals surface area contributed by atoms with Crippen molar-refractivity contribution >= 4 is 5.97 Å². The maximum absolute atomic E-state index is 10.7. The van der Waals surface area contributed by atoms with Crippen LogP contribution in [0, 0.1) is 0 Å². The highest BCUT2D eigenvalue weighted by Gasteiger charge is 2.40. The van der Waals surface area contributed by atoms with Gasteiger partial charge in [0, 0.05) is 0 Å². The zero-order valence-corrected chi connectivity index (χ0v) is 6.38. The van der Waals surface area contributed by atoms with Crippen molar-refractivity contribution in [3.63, 3.8) is 0 Å². The standard InChI is InChI=1S/C6H8O7/c7-1-2(8)4-3(9)5(13-11)6(10)12-4/h2,4,7-9,11H,1H2/t2-,4+/m0/s1. The zero-order valence-electron chi connectivity index (χ0n) is 6.38. The van der Waals surface area contributed by atoms with E-state index in [0.717, 1.165) is 0 Å². The second-order valence-electron chi connectivity index (χ2n) is 2.38. The summed E-state index contributed by atoms with van der Waals surface area (Å²) in [7, 11) is 0. The van der Waals surface area contributed by atoms with Gasteiger partial charge in [0.15, 0.2) is 11.9 Å². The van der Waals surface area contributed by atoms with Crippen molar-refractivity contribution in [1.82, 2.24) is 0 Å². The molecule has 0 aromatic rings. The molecule has 0 fully saturated rings. The minimum absolute atomic E-state index is 0.694. The smallest absolute Gasteiger partial charge is 0.382 e. The third-order valence-corrected chi connectivity index (χ3v) is 1.55. The molecule has 1 heterocycles. The first kappa shape index (κ1) is 9.78. The van der Waals surface area contributed by atoms with Gasteiger partial charge in [0.05, 0.1) is 6.61 Å². The van der Waals surface area contributed by atoms with Gasteiger partial charge in [0.2, 0.25) is 0 Å². The first-order valence-electron chi connectivity index (χ1n) is 3.36. The highest BCUT2D eigenvalue weighted by molar-refractivity contribution is 5.89. The molecule has 0 radical (unpaired) electrons. The van der Waals surface area contributed by atoms with Crippen LogP contribution in [0.4, 0.5) is 0 Å². The quantitative estimate of drug-likeness (QED) is 0.245. The van der Waals surface area contributed by atoms with Crippen LogP contribution >= 0.6 is 0 Å². The fourth-order valence-electron chi connectivity index (χ4n) is 0.899. The molecule has 0 spiro atoms. The summed E-state index contributed by atoms with van der Waals surface area (Å²) in [5.74, 6) is -2.62. The zero-order chi connectivity index (χ0) is 10.0. The number of rotatable bonds is 3. The van der Waals surface area contributed by atoms with Crippen LogP contribution in [0.25, 0.3) is 0 Å². The molecule has 0 bridgehead atoms. The number of ether oxygens (including phenoxy) is 1. The lowest BCUT2D eigenvalue weighted by molar-refractivity contribution is -0.210. The molecule has 74 valence electrons. The number of carbonyl (C=O) groups is 1. The van der Waals surface area contributed by atoms with Crippen LogP contribution in [-0.4, -0.2) is 45.4 Å².